The minimum Gasteiger partial charge on any atom is -0.383 e. The molecular weight excluding hydrogens is 408 g/mol. The van der Waals surface area contributed by atoms with Crippen molar-refractivity contribution in [1.29, 1.82) is 5.26 Å². The Morgan fingerprint density at radius 2 is 2.07 bits per heavy atom. The van der Waals surface area contributed by atoms with Gasteiger partial charge in [0.15, 0.2) is 0 Å². The summed E-state index contributed by atoms with van der Waals surface area (Å²) in [7, 11) is 5.14. The molecule has 1 saturated heterocycles. The second-order valence-corrected chi connectivity index (χ2v) is 8.49. The second-order valence-electron chi connectivity index (χ2n) is 6.81. The molecule has 9 heteroatoms. The van der Waals surface area contributed by atoms with Gasteiger partial charge in [-0.1, -0.05) is 37.3 Å². The number of nitriles is 1. The van der Waals surface area contributed by atoms with Gasteiger partial charge in [-0.2, -0.15) is 5.26 Å². The minimum atomic E-state index is -0.340. The highest BCUT2D eigenvalue weighted by Crippen LogP contribution is 2.35. The van der Waals surface area contributed by atoms with Crippen molar-refractivity contribution in [1.82, 2.24) is 9.47 Å². The number of pyridine rings is 1. The standard InChI is InChI=1S/C20H26N4O3S2/c1-6-7-8-22(3)17-14(13(2)15(12-21)18(25)23(17)4)11-16-19(26)24(9-10-27-5)20(28)29-16/h11H,6-10H2,1-5H3/b16-11-. The predicted octanol–water partition coefficient (Wildman–Crippen LogP) is 2.65. The first kappa shape index (κ1) is 23.1. The maximum atomic E-state index is 12.8. The number of thiocarbonyl (C=S) groups is 1. The minimum absolute atomic E-state index is 0.0845. The first-order valence-corrected chi connectivity index (χ1v) is 10.6. The fourth-order valence-electron chi connectivity index (χ4n) is 3.18. The highest BCUT2D eigenvalue weighted by molar-refractivity contribution is 8.26. The van der Waals surface area contributed by atoms with E-state index in [-0.39, 0.29) is 17.0 Å². The highest BCUT2D eigenvalue weighted by atomic mass is 32.2. The Labute approximate surface area is 180 Å². The number of aromatic nitrogens is 1. The molecule has 0 N–H and O–H groups in total. The Balaban J connectivity index is 2.62. The summed E-state index contributed by atoms with van der Waals surface area (Å²) < 4.78 is 7.02. The SMILES string of the molecule is CCCCN(C)c1c(/C=C2\SC(=S)N(CCOC)C2=O)c(C)c(C#N)c(=O)n1C. The Morgan fingerprint density at radius 1 is 1.38 bits per heavy atom. The summed E-state index contributed by atoms with van der Waals surface area (Å²) in [5, 5.41) is 9.50. The van der Waals surface area contributed by atoms with E-state index in [2.05, 4.69) is 6.92 Å². The molecular formula is C20H26N4O3S2. The molecule has 0 radical (unpaired) electrons. The number of ether oxygens (including phenoxy) is 1. The van der Waals surface area contributed by atoms with Crippen molar-refractivity contribution >= 4 is 46.1 Å². The van der Waals surface area contributed by atoms with Gasteiger partial charge in [0, 0.05) is 33.3 Å². The second kappa shape index (κ2) is 10.1. The molecule has 7 nitrogen and oxygen atoms in total. The first-order chi connectivity index (χ1) is 13.8. The van der Waals surface area contributed by atoms with Gasteiger partial charge in [-0.3, -0.25) is 19.1 Å². The number of carbonyl (C=O) groups excluding carboxylic acids is 1. The lowest BCUT2D eigenvalue weighted by molar-refractivity contribution is -0.122. The topological polar surface area (TPSA) is 78.6 Å². The Bertz CT molecular complexity index is 947. The number of nitrogens with zero attached hydrogens (tertiary/aromatic N) is 4. The number of hydrogen-bond donors (Lipinski definition) is 0. The number of thioether (sulfide) groups is 1. The van der Waals surface area contributed by atoms with Gasteiger partial charge in [0.25, 0.3) is 11.5 Å². The lowest BCUT2D eigenvalue weighted by Crippen LogP contribution is -2.32. The maximum Gasteiger partial charge on any atom is 0.270 e. The van der Waals surface area contributed by atoms with Crippen LogP contribution >= 0.6 is 24.0 Å². The molecule has 29 heavy (non-hydrogen) atoms. The number of unbranched alkanes of at least 4 members (excludes halogenated alkanes) is 1. The van der Waals surface area contributed by atoms with Crippen LogP contribution in [0.3, 0.4) is 0 Å². The highest BCUT2D eigenvalue weighted by Gasteiger charge is 2.32. The molecule has 1 aliphatic heterocycles. The van der Waals surface area contributed by atoms with Crippen molar-refractivity contribution in [3.63, 3.8) is 0 Å². The van der Waals surface area contributed by atoms with E-state index in [4.69, 9.17) is 17.0 Å². The predicted molar refractivity (Wildman–Crippen MR) is 121 cm³/mol. The Morgan fingerprint density at radius 3 is 2.66 bits per heavy atom. The molecule has 0 bridgehead atoms. The summed E-state index contributed by atoms with van der Waals surface area (Å²) >= 11 is 6.57. The van der Waals surface area contributed by atoms with Gasteiger partial charge >= 0.3 is 0 Å². The van der Waals surface area contributed by atoms with Crippen LogP contribution in [0, 0.1) is 18.3 Å². The van der Waals surface area contributed by atoms with Crippen molar-refractivity contribution in [3.05, 3.63) is 31.9 Å². The van der Waals surface area contributed by atoms with Gasteiger partial charge in [-0.25, -0.2) is 0 Å². The number of hydrogen-bond acceptors (Lipinski definition) is 7. The monoisotopic (exact) mass is 434 g/mol. The summed E-state index contributed by atoms with van der Waals surface area (Å²) in [5.74, 6) is 0.494. The molecule has 1 aromatic heterocycles. The molecule has 2 rings (SSSR count). The molecule has 1 aliphatic rings. The van der Waals surface area contributed by atoms with Crippen LogP contribution in [0.25, 0.3) is 6.08 Å². The zero-order valence-corrected chi connectivity index (χ0v) is 19.1. The number of anilines is 1. The zero-order chi connectivity index (χ0) is 21.7. The van der Waals surface area contributed by atoms with Crippen LogP contribution in [0.2, 0.25) is 0 Å². The van der Waals surface area contributed by atoms with E-state index in [0.29, 0.717) is 39.3 Å². The molecule has 1 amide bonds. The summed E-state index contributed by atoms with van der Waals surface area (Å²) in [4.78, 5) is 29.5. The smallest absolute Gasteiger partial charge is 0.270 e. The summed E-state index contributed by atoms with van der Waals surface area (Å²) in [6.45, 7) is 5.38. The average Bonchev–Trinajstić information content (AvgIpc) is 2.96. The normalized spacial score (nSPS) is 15.3. The van der Waals surface area contributed by atoms with Crippen LogP contribution in [0.5, 0.6) is 0 Å². The third kappa shape index (κ3) is 4.71. The third-order valence-electron chi connectivity index (χ3n) is 4.84. The zero-order valence-electron chi connectivity index (χ0n) is 17.4. The van der Waals surface area contributed by atoms with Crippen LogP contribution in [0.15, 0.2) is 9.70 Å². The van der Waals surface area contributed by atoms with Gasteiger partial charge in [0.1, 0.15) is 21.8 Å². The van der Waals surface area contributed by atoms with Crippen LogP contribution in [0.1, 0.15) is 36.5 Å². The van der Waals surface area contributed by atoms with Crippen molar-refractivity contribution in [2.75, 3.05) is 38.8 Å². The van der Waals surface area contributed by atoms with E-state index >= 15 is 0 Å². The lowest BCUT2D eigenvalue weighted by atomic mass is 10.0. The van der Waals surface area contributed by atoms with E-state index in [1.807, 2.05) is 18.0 Å². The van der Waals surface area contributed by atoms with E-state index < -0.39 is 0 Å². The van der Waals surface area contributed by atoms with Gasteiger partial charge in [-0.05, 0) is 25.0 Å². The molecule has 1 fully saturated rings. The summed E-state index contributed by atoms with van der Waals surface area (Å²) in [6.07, 6.45) is 3.73. The first-order valence-electron chi connectivity index (χ1n) is 9.37. The molecule has 0 aliphatic carbocycles. The average molecular weight is 435 g/mol. The summed E-state index contributed by atoms with van der Waals surface area (Å²) in [5.41, 5.74) is 1.000. The number of rotatable bonds is 8. The maximum absolute atomic E-state index is 12.8. The van der Waals surface area contributed by atoms with E-state index in [1.165, 1.54) is 21.2 Å². The quantitative estimate of drug-likeness (QED) is 0.460. The lowest BCUT2D eigenvalue weighted by Gasteiger charge is -2.25. The molecule has 0 saturated carbocycles. The number of methoxy groups -OCH3 is 1. The van der Waals surface area contributed by atoms with E-state index in [0.717, 1.165) is 19.4 Å². The van der Waals surface area contributed by atoms with Crippen molar-refractivity contribution < 1.29 is 9.53 Å². The van der Waals surface area contributed by atoms with Crippen molar-refractivity contribution in [2.24, 2.45) is 7.05 Å². The van der Waals surface area contributed by atoms with Gasteiger partial charge < -0.3 is 9.64 Å². The molecule has 0 spiro atoms. The van der Waals surface area contributed by atoms with Crippen LogP contribution < -0.4 is 10.5 Å². The van der Waals surface area contributed by atoms with Gasteiger partial charge in [-0.15, -0.1) is 0 Å². The van der Waals surface area contributed by atoms with Crippen molar-refractivity contribution in [2.45, 2.75) is 26.7 Å². The molecule has 2 heterocycles. The molecule has 156 valence electrons. The van der Waals surface area contributed by atoms with Crippen LogP contribution in [-0.2, 0) is 16.6 Å². The Hall–Kier alpha value is -2.15. The van der Waals surface area contributed by atoms with Crippen molar-refractivity contribution in [3.8, 4) is 6.07 Å². The third-order valence-corrected chi connectivity index (χ3v) is 6.22. The van der Waals surface area contributed by atoms with Crippen LogP contribution in [-0.4, -0.2) is 53.5 Å². The molecule has 1 aromatic rings. The Kier molecular flexibility index (Phi) is 8.02. The van der Waals surface area contributed by atoms with E-state index in [9.17, 15) is 14.9 Å². The van der Waals surface area contributed by atoms with Gasteiger partial charge in [0.2, 0.25) is 0 Å². The number of amides is 1. The van der Waals surface area contributed by atoms with Gasteiger partial charge in [0.05, 0.1) is 18.1 Å². The fraction of sp³-hybridized carbons (Fsp3) is 0.500. The molecule has 0 atom stereocenters. The van der Waals surface area contributed by atoms with Crippen LogP contribution in [0.4, 0.5) is 5.82 Å². The largest absolute Gasteiger partial charge is 0.383 e. The molecule has 0 unspecified atom stereocenters. The fourth-order valence-corrected chi connectivity index (χ4v) is 4.47. The molecule has 0 aromatic carbocycles. The number of carbonyl (C=O) groups is 1. The summed E-state index contributed by atoms with van der Waals surface area (Å²) in [6, 6.07) is 2.01. The van der Waals surface area contributed by atoms with E-state index in [1.54, 1.807) is 27.2 Å².